The highest BCUT2D eigenvalue weighted by Crippen LogP contribution is 2.29. The number of alkyl halides is 3. The minimum absolute atomic E-state index is 0. The highest BCUT2D eigenvalue weighted by molar-refractivity contribution is 14.0. The van der Waals surface area contributed by atoms with Crippen LogP contribution in [0.3, 0.4) is 0 Å². The van der Waals surface area contributed by atoms with E-state index in [9.17, 15) is 18.0 Å². The molecule has 1 heterocycles. The molecule has 0 aliphatic heterocycles. The van der Waals surface area contributed by atoms with Crippen LogP contribution < -0.4 is 16.0 Å². The Balaban J connectivity index is 0.00000420. The predicted molar refractivity (Wildman–Crippen MR) is 117 cm³/mol. The molecule has 158 valence electrons. The lowest BCUT2D eigenvalue weighted by atomic mass is 10.1. The zero-order valence-corrected chi connectivity index (χ0v) is 18.3. The zero-order chi connectivity index (χ0) is 20.6. The highest BCUT2D eigenvalue weighted by atomic mass is 127. The number of hydrogen-bond donors (Lipinski definition) is 3. The number of guanidine groups is 1. The molecule has 2 aromatic rings. The number of nitrogens with zero attached hydrogens (tertiary/aromatic N) is 2. The van der Waals surface area contributed by atoms with E-state index in [1.165, 1.54) is 12.1 Å². The van der Waals surface area contributed by atoms with Gasteiger partial charge in [0.2, 0.25) is 5.91 Å². The second-order valence-corrected chi connectivity index (χ2v) is 6.01. The van der Waals surface area contributed by atoms with Gasteiger partial charge in [-0.05, 0) is 36.8 Å². The Bertz CT molecular complexity index is 825. The number of carbonyl (C=O) groups is 1. The summed E-state index contributed by atoms with van der Waals surface area (Å²) in [7, 11) is 1.57. The van der Waals surface area contributed by atoms with Crippen LogP contribution in [0.5, 0.6) is 0 Å². The van der Waals surface area contributed by atoms with Gasteiger partial charge in [0.15, 0.2) is 5.96 Å². The molecule has 1 aromatic carbocycles. The van der Waals surface area contributed by atoms with Crippen molar-refractivity contribution in [2.24, 2.45) is 4.99 Å². The molecule has 1 amide bonds. The number of carbonyl (C=O) groups excluding carboxylic acids is 1. The molecule has 0 radical (unpaired) electrons. The number of hydrogen-bond acceptors (Lipinski definition) is 3. The number of pyridine rings is 1. The number of rotatable bonds is 6. The SMILES string of the molecule is CN=C(NCCC(=O)Nc1cccc(C)n1)NCc1ccc(C(F)(F)F)cc1.I. The quantitative estimate of drug-likeness (QED) is 0.308. The molecule has 6 nitrogen and oxygen atoms in total. The number of benzene rings is 1. The van der Waals surface area contributed by atoms with E-state index in [1.807, 2.05) is 19.1 Å². The van der Waals surface area contributed by atoms with Gasteiger partial charge in [0.1, 0.15) is 5.82 Å². The summed E-state index contributed by atoms with van der Waals surface area (Å²) >= 11 is 0. The first-order valence-corrected chi connectivity index (χ1v) is 8.62. The lowest BCUT2D eigenvalue weighted by molar-refractivity contribution is -0.137. The first-order chi connectivity index (χ1) is 13.3. The number of aliphatic imine (C=N–C) groups is 1. The number of anilines is 1. The Morgan fingerprint density at radius 1 is 1.10 bits per heavy atom. The molecule has 0 spiro atoms. The molecular formula is C19H23F3IN5O. The van der Waals surface area contributed by atoms with Crippen molar-refractivity contribution in [1.82, 2.24) is 15.6 Å². The third-order valence-electron chi connectivity index (χ3n) is 3.77. The molecule has 0 bridgehead atoms. The van der Waals surface area contributed by atoms with E-state index < -0.39 is 11.7 Å². The van der Waals surface area contributed by atoms with Gasteiger partial charge in [-0.1, -0.05) is 18.2 Å². The van der Waals surface area contributed by atoms with Crippen molar-refractivity contribution in [2.45, 2.75) is 26.1 Å². The molecule has 0 atom stereocenters. The third kappa shape index (κ3) is 8.67. The van der Waals surface area contributed by atoms with Crippen molar-refractivity contribution in [3.8, 4) is 0 Å². The predicted octanol–water partition coefficient (Wildman–Crippen LogP) is 3.72. The van der Waals surface area contributed by atoms with E-state index in [0.717, 1.165) is 17.8 Å². The van der Waals surface area contributed by atoms with E-state index in [0.29, 0.717) is 30.4 Å². The summed E-state index contributed by atoms with van der Waals surface area (Å²) < 4.78 is 37.7. The van der Waals surface area contributed by atoms with Crippen LogP contribution in [0.15, 0.2) is 47.5 Å². The van der Waals surface area contributed by atoms with E-state index >= 15 is 0 Å². The Labute approximate surface area is 184 Å². The maximum atomic E-state index is 12.6. The molecule has 2 rings (SSSR count). The Morgan fingerprint density at radius 2 is 1.79 bits per heavy atom. The molecule has 0 unspecified atom stereocenters. The first kappa shape index (κ1) is 24.7. The van der Waals surface area contributed by atoms with E-state index in [4.69, 9.17) is 0 Å². The van der Waals surface area contributed by atoms with Gasteiger partial charge in [0.25, 0.3) is 0 Å². The topological polar surface area (TPSA) is 78.4 Å². The first-order valence-electron chi connectivity index (χ1n) is 8.62. The van der Waals surface area contributed by atoms with Gasteiger partial charge in [-0.3, -0.25) is 9.79 Å². The summed E-state index contributed by atoms with van der Waals surface area (Å²) in [6.07, 6.45) is -4.14. The number of aryl methyl sites for hydroxylation is 1. The lowest BCUT2D eigenvalue weighted by Crippen LogP contribution is -2.38. The zero-order valence-electron chi connectivity index (χ0n) is 16.0. The van der Waals surface area contributed by atoms with Gasteiger partial charge < -0.3 is 16.0 Å². The van der Waals surface area contributed by atoms with Crippen molar-refractivity contribution in [2.75, 3.05) is 18.9 Å². The standard InChI is InChI=1S/C19H22F3N5O.HI/c1-13-4-3-5-16(26-13)27-17(28)10-11-24-18(23-2)25-12-14-6-8-15(9-7-14)19(20,21)22;/h3-9H,10-12H2,1-2H3,(H2,23,24,25)(H,26,27,28);1H. The van der Waals surface area contributed by atoms with Crippen molar-refractivity contribution >= 4 is 41.7 Å². The summed E-state index contributed by atoms with van der Waals surface area (Å²) in [6.45, 7) is 2.48. The molecule has 0 fully saturated rings. The van der Waals surface area contributed by atoms with Crippen LogP contribution in [0.4, 0.5) is 19.0 Å². The fourth-order valence-electron chi connectivity index (χ4n) is 2.33. The normalized spacial score (nSPS) is 11.4. The van der Waals surface area contributed by atoms with Gasteiger partial charge >= 0.3 is 6.18 Å². The minimum atomic E-state index is -4.35. The largest absolute Gasteiger partial charge is 0.416 e. The van der Waals surface area contributed by atoms with Crippen LogP contribution in [0.25, 0.3) is 0 Å². The van der Waals surface area contributed by atoms with Gasteiger partial charge in [0.05, 0.1) is 5.56 Å². The summed E-state index contributed by atoms with van der Waals surface area (Å²) in [5.41, 5.74) is 0.802. The molecule has 10 heteroatoms. The molecule has 0 aliphatic rings. The van der Waals surface area contributed by atoms with Crippen molar-refractivity contribution in [1.29, 1.82) is 0 Å². The smallest absolute Gasteiger partial charge is 0.356 e. The molecule has 0 aliphatic carbocycles. The van der Waals surface area contributed by atoms with Crippen LogP contribution in [-0.2, 0) is 17.5 Å². The average Bonchev–Trinajstić information content (AvgIpc) is 2.64. The summed E-state index contributed by atoms with van der Waals surface area (Å²) in [4.78, 5) is 20.2. The van der Waals surface area contributed by atoms with Crippen LogP contribution in [0.2, 0.25) is 0 Å². The molecule has 0 saturated carbocycles. The Hall–Kier alpha value is -2.37. The molecular weight excluding hydrogens is 498 g/mol. The number of halogens is 4. The maximum absolute atomic E-state index is 12.6. The Morgan fingerprint density at radius 3 is 2.38 bits per heavy atom. The number of nitrogens with one attached hydrogen (secondary N) is 3. The average molecular weight is 521 g/mol. The minimum Gasteiger partial charge on any atom is -0.356 e. The molecule has 29 heavy (non-hydrogen) atoms. The second kappa shape index (κ2) is 11.6. The monoisotopic (exact) mass is 521 g/mol. The van der Waals surface area contributed by atoms with Crippen LogP contribution in [0.1, 0.15) is 23.2 Å². The van der Waals surface area contributed by atoms with Gasteiger partial charge in [-0.2, -0.15) is 13.2 Å². The van der Waals surface area contributed by atoms with Crippen LogP contribution in [-0.4, -0.2) is 30.4 Å². The maximum Gasteiger partial charge on any atom is 0.416 e. The van der Waals surface area contributed by atoms with Crippen LogP contribution in [0, 0.1) is 6.92 Å². The highest BCUT2D eigenvalue weighted by Gasteiger charge is 2.29. The molecule has 1 aromatic heterocycles. The molecule has 0 saturated heterocycles. The third-order valence-corrected chi connectivity index (χ3v) is 3.77. The summed E-state index contributed by atoms with van der Waals surface area (Å²) in [5.74, 6) is 0.750. The van der Waals surface area contributed by atoms with Crippen molar-refractivity contribution in [3.63, 3.8) is 0 Å². The molecule has 3 N–H and O–H groups in total. The lowest BCUT2D eigenvalue weighted by Gasteiger charge is -2.13. The summed E-state index contributed by atoms with van der Waals surface area (Å²) in [6, 6.07) is 10.3. The Kier molecular flexibility index (Phi) is 9.86. The van der Waals surface area contributed by atoms with E-state index in [-0.39, 0.29) is 36.3 Å². The van der Waals surface area contributed by atoms with Gasteiger partial charge in [-0.15, -0.1) is 24.0 Å². The van der Waals surface area contributed by atoms with Crippen molar-refractivity contribution in [3.05, 3.63) is 59.3 Å². The van der Waals surface area contributed by atoms with Gasteiger partial charge in [-0.25, -0.2) is 4.98 Å². The fourth-order valence-corrected chi connectivity index (χ4v) is 2.33. The second-order valence-electron chi connectivity index (χ2n) is 6.01. The van der Waals surface area contributed by atoms with Crippen molar-refractivity contribution < 1.29 is 18.0 Å². The fraction of sp³-hybridized carbons (Fsp3) is 0.316. The number of amides is 1. The van der Waals surface area contributed by atoms with Crippen LogP contribution >= 0.6 is 24.0 Å². The van der Waals surface area contributed by atoms with E-state index in [1.54, 1.807) is 13.1 Å². The van der Waals surface area contributed by atoms with Gasteiger partial charge in [0, 0.05) is 32.3 Å². The van der Waals surface area contributed by atoms with E-state index in [2.05, 4.69) is 25.9 Å². The summed E-state index contributed by atoms with van der Waals surface area (Å²) in [5, 5.41) is 8.68. The number of aromatic nitrogens is 1.